The van der Waals surface area contributed by atoms with E-state index in [1.165, 1.54) is 25.6 Å². The summed E-state index contributed by atoms with van der Waals surface area (Å²) in [6, 6.07) is 2.76. The van der Waals surface area contributed by atoms with Gasteiger partial charge in [0.25, 0.3) is 0 Å². The minimum atomic E-state index is -0.459. The van der Waals surface area contributed by atoms with E-state index in [0.29, 0.717) is 10.9 Å². The standard InChI is InChI=1S/C9H7ClFN3O/c1-15-14-8-2-5-7(3-6(8)11)12-4-13-9(5)10/h2-4,14H,1H3. The highest BCUT2D eigenvalue weighted by Gasteiger charge is 2.08. The first-order valence-corrected chi connectivity index (χ1v) is 4.49. The zero-order valence-electron chi connectivity index (χ0n) is 7.79. The number of nitrogens with zero attached hydrogens (tertiary/aromatic N) is 2. The monoisotopic (exact) mass is 227 g/mol. The van der Waals surface area contributed by atoms with Gasteiger partial charge in [0, 0.05) is 11.5 Å². The van der Waals surface area contributed by atoms with E-state index in [1.54, 1.807) is 0 Å². The lowest BCUT2D eigenvalue weighted by molar-refractivity contribution is 0.269. The van der Waals surface area contributed by atoms with Gasteiger partial charge < -0.3 is 0 Å². The summed E-state index contributed by atoms with van der Waals surface area (Å²) in [5.41, 5.74) is 3.05. The van der Waals surface area contributed by atoms with E-state index in [9.17, 15) is 4.39 Å². The van der Waals surface area contributed by atoms with Gasteiger partial charge in [0.15, 0.2) is 5.82 Å². The molecule has 0 amide bonds. The average molecular weight is 228 g/mol. The highest BCUT2D eigenvalue weighted by Crippen LogP contribution is 2.25. The topological polar surface area (TPSA) is 47.0 Å². The van der Waals surface area contributed by atoms with Gasteiger partial charge >= 0.3 is 0 Å². The van der Waals surface area contributed by atoms with Crippen LogP contribution in [0, 0.1) is 5.82 Å². The van der Waals surface area contributed by atoms with Crippen LogP contribution in [0.2, 0.25) is 5.15 Å². The molecule has 0 unspecified atom stereocenters. The number of halogens is 2. The summed E-state index contributed by atoms with van der Waals surface area (Å²) >= 11 is 5.84. The van der Waals surface area contributed by atoms with Crippen LogP contribution >= 0.6 is 11.6 Å². The number of benzene rings is 1. The number of fused-ring (bicyclic) bond motifs is 1. The van der Waals surface area contributed by atoms with Gasteiger partial charge in [-0.2, -0.15) is 0 Å². The Labute approximate surface area is 90.0 Å². The Morgan fingerprint density at radius 1 is 1.40 bits per heavy atom. The number of anilines is 1. The molecule has 1 aromatic carbocycles. The van der Waals surface area contributed by atoms with Gasteiger partial charge in [-0.05, 0) is 6.07 Å². The molecule has 0 atom stereocenters. The van der Waals surface area contributed by atoms with Gasteiger partial charge in [-0.1, -0.05) is 11.6 Å². The molecule has 2 aromatic rings. The summed E-state index contributed by atoms with van der Waals surface area (Å²) in [7, 11) is 1.40. The summed E-state index contributed by atoms with van der Waals surface area (Å²) in [6.07, 6.45) is 1.29. The molecule has 0 radical (unpaired) electrons. The molecule has 4 nitrogen and oxygen atoms in total. The van der Waals surface area contributed by atoms with Gasteiger partial charge in [0.05, 0.1) is 18.3 Å². The van der Waals surface area contributed by atoms with Crippen molar-refractivity contribution in [1.82, 2.24) is 9.97 Å². The number of rotatable bonds is 2. The molecule has 0 saturated heterocycles. The molecule has 0 saturated carbocycles. The predicted octanol–water partition coefficient (Wildman–Crippen LogP) is 2.40. The van der Waals surface area contributed by atoms with Gasteiger partial charge in [0.1, 0.15) is 11.5 Å². The smallest absolute Gasteiger partial charge is 0.150 e. The zero-order valence-corrected chi connectivity index (χ0v) is 8.55. The van der Waals surface area contributed by atoms with E-state index >= 15 is 0 Å². The fraction of sp³-hybridized carbons (Fsp3) is 0.111. The summed E-state index contributed by atoms with van der Waals surface area (Å²) in [6.45, 7) is 0. The molecule has 0 bridgehead atoms. The highest BCUT2D eigenvalue weighted by molar-refractivity contribution is 6.34. The lowest BCUT2D eigenvalue weighted by Gasteiger charge is -2.06. The minimum absolute atomic E-state index is 0.196. The minimum Gasteiger partial charge on any atom is -0.279 e. The predicted molar refractivity (Wildman–Crippen MR) is 55.1 cm³/mol. The third kappa shape index (κ3) is 1.84. The Bertz CT molecular complexity index is 506. The third-order valence-corrected chi connectivity index (χ3v) is 2.19. The summed E-state index contributed by atoms with van der Waals surface area (Å²) < 4.78 is 13.4. The molecule has 15 heavy (non-hydrogen) atoms. The second-order valence-electron chi connectivity index (χ2n) is 2.82. The third-order valence-electron chi connectivity index (χ3n) is 1.89. The molecule has 6 heteroatoms. The molecule has 78 valence electrons. The second kappa shape index (κ2) is 3.96. The van der Waals surface area contributed by atoms with Crippen molar-refractivity contribution in [2.75, 3.05) is 12.6 Å². The molecule has 1 heterocycles. The summed E-state index contributed by atoms with van der Waals surface area (Å²) in [4.78, 5) is 12.3. The lowest BCUT2D eigenvalue weighted by Crippen LogP contribution is -1.99. The van der Waals surface area contributed by atoms with Crippen LogP contribution in [0.4, 0.5) is 10.1 Å². The van der Waals surface area contributed by atoms with E-state index in [0.717, 1.165) is 0 Å². The van der Waals surface area contributed by atoms with E-state index < -0.39 is 5.82 Å². The number of hydrogen-bond donors (Lipinski definition) is 1. The van der Waals surface area contributed by atoms with Crippen molar-refractivity contribution in [1.29, 1.82) is 0 Å². The van der Waals surface area contributed by atoms with Crippen LogP contribution in [0.15, 0.2) is 18.5 Å². The Kier molecular flexibility index (Phi) is 2.66. The van der Waals surface area contributed by atoms with Gasteiger partial charge in [-0.3, -0.25) is 10.3 Å². The van der Waals surface area contributed by atoms with Crippen LogP contribution in [0.5, 0.6) is 0 Å². The van der Waals surface area contributed by atoms with Gasteiger partial charge in [-0.15, -0.1) is 0 Å². The van der Waals surface area contributed by atoms with Crippen LogP contribution in [-0.4, -0.2) is 17.1 Å². The fourth-order valence-corrected chi connectivity index (χ4v) is 1.43. The molecule has 1 N–H and O–H groups in total. The Morgan fingerprint density at radius 2 is 2.20 bits per heavy atom. The first-order chi connectivity index (χ1) is 7.22. The zero-order chi connectivity index (χ0) is 10.8. The molecule has 0 fully saturated rings. The molecule has 2 rings (SSSR count). The van der Waals surface area contributed by atoms with Crippen molar-refractivity contribution >= 4 is 28.2 Å². The van der Waals surface area contributed by atoms with Crippen molar-refractivity contribution in [3.05, 3.63) is 29.4 Å². The number of aromatic nitrogens is 2. The normalized spacial score (nSPS) is 10.6. The number of nitrogens with one attached hydrogen (secondary N) is 1. The molecule has 0 aliphatic heterocycles. The second-order valence-corrected chi connectivity index (χ2v) is 3.18. The van der Waals surface area contributed by atoms with Gasteiger partial charge in [-0.25, -0.2) is 14.4 Å². The van der Waals surface area contributed by atoms with Crippen molar-refractivity contribution in [2.24, 2.45) is 0 Å². The largest absolute Gasteiger partial charge is 0.279 e. The van der Waals surface area contributed by atoms with E-state index in [4.69, 9.17) is 11.6 Å². The Hall–Kier alpha value is -1.46. The summed E-state index contributed by atoms with van der Waals surface area (Å²) in [5, 5.41) is 0.847. The Balaban J connectivity index is 2.66. The van der Waals surface area contributed by atoms with Crippen LogP contribution in [-0.2, 0) is 4.84 Å². The molecule has 0 aliphatic rings. The average Bonchev–Trinajstić information content (AvgIpc) is 2.21. The summed E-state index contributed by atoms with van der Waals surface area (Å²) in [5.74, 6) is -0.459. The van der Waals surface area contributed by atoms with Gasteiger partial charge in [0.2, 0.25) is 0 Å². The first-order valence-electron chi connectivity index (χ1n) is 4.11. The van der Waals surface area contributed by atoms with E-state index in [1.807, 2.05) is 0 Å². The van der Waals surface area contributed by atoms with Crippen molar-refractivity contribution in [2.45, 2.75) is 0 Å². The molecule has 1 aromatic heterocycles. The lowest BCUT2D eigenvalue weighted by atomic mass is 10.2. The maximum atomic E-state index is 13.4. The molecular formula is C9H7ClFN3O. The van der Waals surface area contributed by atoms with Crippen molar-refractivity contribution < 1.29 is 9.23 Å². The SMILES string of the molecule is CONc1cc2c(Cl)ncnc2cc1F. The van der Waals surface area contributed by atoms with Crippen LogP contribution < -0.4 is 5.48 Å². The van der Waals surface area contributed by atoms with Crippen LogP contribution in [0.1, 0.15) is 0 Å². The molecular weight excluding hydrogens is 221 g/mol. The maximum absolute atomic E-state index is 13.4. The number of hydrogen-bond acceptors (Lipinski definition) is 4. The fourth-order valence-electron chi connectivity index (χ4n) is 1.23. The first kappa shape index (κ1) is 10.1. The van der Waals surface area contributed by atoms with E-state index in [-0.39, 0.29) is 10.8 Å². The Morgan fingerprint density at radius 3 is 2.93 bits per heavy atom. The van der Waals surface area contributed by atoms with Crippen molar-refractivity contribution in [3.63, 3.8) is 0 Å². The quantitative estimate of drug-likeness (QED) is 0.632. The maximum Gasteiger partial charge on any atom is 0.150 e. The molecule has 0 spiro atoms. The highest BCUT2D eigenvalue weighted by atomic mass is 35.5. The van der Waals surface area contributed by atoms with E-state index in [2.05, 4.69) is 20.3 Å². The van der Waals surface area contributed by atoms with Crippen molar-refractivity contribution in [3.8, 4) is 0 Å². The molecule has 0 aliphatic carbocycles. The van der Waals surface area contributed by atoms with Crippen LogP contribution in [0.25, 0.3) is 10.9 Å². The van der Waals surface area contributed by atoms with Crippen LogP contribution in [0.3, 0.4) is 0 Å².